The van der Waals surface area contributed by atoms with Gasteiger partial charge in [-0.3, -0.25) is 0 Å². The van der Waals surface area contributed by atoms with Gasteiger partial charge in [0, 0.05) is 25.6 Å². The molecule has 1 aromatic rings. The highest BCUT2D eigenvalue weighted by molar-refractivity contribution is 5.40. The summed E-state index contributed by atoms with van der Waals surface area (Å²) in [7, 11) is 0. The van der Waals surface area contributed by atoms with E-state index < -0.39 is 0 Å². The average Bonchev–Trinajstić information content (AvgIpc) is 2.37. The van der Waals surface area contributed by atoms with Gasteiger partial charge in [0.25, 0.3) is 0 Å². The van der Waals surface area contributed by atoms with Crippen LogP contribution in [0.1, 0.15) is 37.3 Å². The molecule has 1 aromatic carbocycles. The molecule has 0 fully saturated rings. The summed E-state index contributed by atoms with van der Waals surface area (Å²) in [4.78, 5) is 2.52. The van der Waals surface area contributed by atoms with Gasteiger partial charge in [-0.1, -0.05) is 38.1 Å². The predicted octanol–water partition coefficient (Wildman–Crippen LogP) is 2.65. The van der Waals surface area contributed by atoms with Crippen LogP contribution in [0.25, 0.3) is 0 Å². The Morgan fingerprint density at radius 2 is 2.06 bits per heavy atom. The molecular weight excluding hydrogens is 220 g/mol. The quantitative estimate of drug-likeness (QED) is 0.709. The maximum absolute atomic E-state index is 3.61. The number of likely N-dealkylation sites (N-methyl/N-ethyl adjacent to an activating group) is 1. The van der Waals surface area contributed by atoms with Crippen LogP contribution in [0.2, 0.25) is 0 Å². The van der Waals surface area contributed by atoms with E-state index in [4.69, 9.17) is 0 Å². The van der Waals surface area contributed by atoms with Gasteiger partial charge in [-0.05, 0) is 37.1 Å². The molecule has 0 saturated carbocycles. The molecule has 0 spiro atoms. The summed E-state index contributed by atoms with van der Waals surface area (Å²) < 4.78 is 0. The molecule has 0 heterocycles. The van der Waals surface area contributed by atoms with Crippen molar-refractivity contribution in [2.45, 2.75) is 32.6 Å². The van der Waals surface area contributed by atoms with Gasteiger partial charge in [-0.25, -0.2) is 0 Å². The molecule has 0 radical (unpaired) electrons. The van der Waals surface area contributed by atoms with E-state index >= 15 is 0 Å². The molecule has 18 heavy (non-hydrogen) atoms. The maximum Gasteiger partial charge on any atom is 0.0107 e. The molecule has 100 valence electrons. The van der Waals surface area contributed by atoms with Crippen molar-refractivity contribution < 1.29 is 0 Å². The smallest absolute Gasteiger partial charge is 0.0107 e. The zero-order chi connectivity index (χ0) is 12.8. The number of nitrogens with zero attached hydrogens (tertiary/aromatic N) is 1. The summed E-state index contributed by atoms with van der Waals surface area (Å²) in [6.45, 7) is 10.3. The third kappa shape index (κ3) is 3.33. The molecule has 0 aromatic heterocycles. The highest BCUT2D eigenvalue weighted by atomic mass is 15.1. The van der Waals surface area contributed by atoms with Crippen LogP contribution in [0, 0.1) is 0 Å². The van der Waals surface area contributed by atoms with Gasteiger partial charge < -0.3 is 10.2 Å². The summed E-state index contributed by atoms with van der Waals surface area (Å²) in [6, 6.07) is 8.84. The van der Waals surface area contributed by atoms with Crippen LogP contribution in [0.3, 0.4) is 0 Å². The van der Waals surface area contributed by atoms with Crippen molar-refractivity contribution in [2.75, 3.05) is 32.7 Å². The lowest BCUT2D eigenvalue weighted by Gasteiger charge is -2.30. The van der Waals surface area contributed by atoms with E-state index in [1.807, 2.05) is 0 Å². The minimum absolute atomic E-state index is 0.752. The molecule has 2 heteroatoms. The molecule has 1 N–H and O–H groups in total. The fourth-order valence-corrected chi connectivity index (χ4v) is 2.80. The lowest BCUT2D eigenvalue weighted by atomic mass is 9.78. The Morgan fingerprint density at radius 1 is 1.22 bits per heavy atom. The van der Waals surface area contributed by atoms with E-state index in [1.165, 1.54) is 32.5 Å². The number of hydrogen-bond acceptors (Lipinski definition) is 2. The first-order chi connectivity index (χ1) is 8.85. The number of hydrogen-bond donors (Lipinski definition) is 1. The highest BCUT2D eigenvalue weighted by Crippen LogP contribution is 2.33. The summed E-state index contributed by atoms with van der Waals surface area (Å²) in [5.74, 6) is 0.752. The van der Waals surface area contributed by atoms with Gasteiger partial charge in [-0.15, -0.1) is 0 Å². The van der Waals surface area contributed by atoms with E-state index in [-0.39, 0.29) is 0 Å². The first-order valence-corrected chi connectivity index (χ1v) is 7.36. The van der Waals surface area contributed by atoms with Gasteiger partial charge in [-0.2, -0.15) is 0 Å². The van der Waals surface area contributed by atoms with Crippen molar-refractivity contribution in [1.82, 2.24) is 10.2 Å². The third-order valence-corrected chi connectivity index (χ3v) is 3.94. The van der Waals surface area contributed by atoms with Crippen molar-refractivity contribution in [2.24, 2.45) is 0 Å². The van der Waals surface area contributed by atoms with Gasteiger partial charge in [0.1, 0.15) is 0 Å². The standard InChI is InChI=1S/C16H26N2/c1-3-10-18(4-2)11-9-17-13-15-12-14-7-5-6-8-16(14)15/h5-8,15,17H,3-4,9-13H2,1-2H3. The van der Waals surface area contributed by atoms with E-state index in [2.05, 4.69) is 48.3 Å². The molecule has 0 saturated heterocycles. The first-order valence-electron chi connectivity index (χ1n) is 7.36. The number of benzene rings is 1. The number of rotatable bonds is 8. The highest BCUT2D eigenvalue weighted by Gasteiger charge is 2.24. The van der Waals surface area contributed by atoms with E-state index in [9.17, 15) is 0 Å². The minimum atomic E-state index is 0.752. The second-order valence-electron chi connectivity index (χ2n) is 5.24. The monoisotopic (exact) mass is 246 g/mol. The topological polar surface area (TPSA) is 15.3 Å². The first kappa shape index (κ1) is 13.6. The Bertz CT molecular complexity index is 362. The van der Waals surface area contributed by atoms with Crippen molar-refractivity contribution in [3.63, 3.8) is 0 Å². The molecule has 1 aliphatic carbocycles. The lowest BCUT2D eigenvalue weighted by Crippen LogP contribution is -2.36. The lowest BCUT2D eigenvalue weighted by molar-refractivity contribution is 0.286. The van der Waals surface area contributed by atoms with Gasteiger partial charge in [0.15, 0.2) is 0 Å². The van der Waals surface area contributed by atoms with Crippen LogP contribution in [-0.2, 0) is 6.42 Å². The zero-order valence-electron chi connectivity index (χ0n) is 11.8. The van der Waals surface area contributed by atoms with Crippen LogP contribution in [0.15, 0.2) is 24.3 Å². The van der Waals surface area contributed by atoms with Crippen LogP contribution in [0.5, 0.6) is 0 Å². The van der Waals surface area contributed by atoms with Crippen LogP contribution in [0.4, 0.5) is 0 Å². The summed E-state index contributed by atoms with van der Waals surface area (Å²) in [5.41, 5.74) is 3.11. The fourth-order valence-electron chi connectivity index (χ4n) is 2.80. The van der Waals surface area contributed by atoms with E-state index in [0.29, 0.717) is 0 Å². The largest absolute Gasteiger partial charge is 0.315 e. The Labute approximate surface area is 111 Å². The van der Waals surface area contributed by atoms with E-state index in [1.54, 1.807) is 11.1 Å². The second kappa shape index (κ2) is 6.91. The maximum atomic E-state index is 3.61. The molecule has 1 unspecified atom stereocenters. The predicted molar refractivity (Wildman–Crippen MR) is 78.2 cm³/mol. The minimum Gasteiger partial charge on any atom is -0.315 e. The number of nitrogens with one attached hydrogen (secondary N) is 1. The van der Waals surface area contributed by atoms with Crippen molar-refractivity contribution in [3.05, 3.63) is 35.4 Å². The molecule has 2 nitrogen and oxygen atoms in total. The number of fused-ring (bicyclic) bond motifs is 1. The van der Waals surface area contributed by atoms with Crippen molar-refractivity contribution >= 4 is 0 Å². The molecule has 1 aliphatic rings. The van der Waals surface area contributed by atoms with Crippen LogP contribution < -0.4 is 5.32 Å². The normalized spacial score (nSPS) is 17.6. The SMILES string of the molecule is CCCN(CC)CCNCC1Cc2ccccc21. The Balaban J connectivity index is 1.63. The Morgan fingerprint density at radius 3 is 2.78 bits per heavy atom. The Kier molecular flexibility index (Phi) is 5.21. The van der Waals surface area contributed by atoms with Gasteiger partial charge in [0.05, 0.1) is 0 Å². The molecule has 1 atom stereocenters. The summed E-state index contributed by atoms with van der Waals surface area (Å²) in [6.07, 6.45) is 2.51. The average molecular weight is 246 g/mol. The second-order valence-corrected chi connectivity index (χ2v) is 5.24. The van der Waals surface area contributed by atoms with Gasteiger partial charge in [0.2, 0.25) is 0 Å². The molecule has 2 rings (SSSR count). The molecule has 0 bridgehead atoms. The van der Waals surface area contributed by atoms with Crippen molar-refractivity contribution in [3.8, 4) is 0 Å². The van der Waals surface area contributed by atoms with Crippen LogP contribution >= 0.6 is 0 Å². The van der Waals surface area contributed by atoms with Gasteiger partial charge >= 0.3 is 0 Å². The van der Waals surface area contributed by atoms with Crippen molar-refractivity contribution in [1.29, 1.82) is 0 Å². The van der Waals surface area contributed by atoms with E-state index in [0.717, 1.165) is 19.0 Å². The molecule has 0 aliphatic heterocycles. The fraction of sp³-hybridized carbons (Fsp3) is 0.625. The Hall–Kier alpha value is -0.860. The molecule has 0 amide bonds. The zero-order valence-corrected chi connectivity index (χ0v) is 11.8. The van der Waals surface area contributed by atoms with Crippen LogP contribution in [-0.4, -0.2) is 37.6 Å². The third-order valence-electron chi connectivity index (χ3n) is 3.94. The molecular formula is C16H26N2. The summed E-state index contributed by atoms with van der Waals surface area (Å²) in [5, 5.41) is 3.61. The summed E-state index contributed by atoms with van der Waals surface area (Å²) >= 11 is 0.